The third-order valence-electron chi connectivity index (χ3n) is 10.4. The maximum atomic E-state index is 2.53. The molecular formula is C45H43BN2. The van der Waals surface area contributed by atoms with Crippen molar-refractivity contribution in [3.05, 3.63) is 150 Å². The molecule has 2 aliphatic heterocycles. The summed E-state index contributed by atoms with van der Waals surface area (Å²) in [4.78, 5) is 4.94. The molecule has 0 saturated carbocycles. The van der Waals surface area contributed by atoms with Gasteiger partial charge in [0.2, 0.25) is 6.71 Å². The summed E-state index contributed by atoms with van der Waals surface area (Å²) in [6.07, 6.45) is 0. The second-order valence-electron chi connectivity index (χ2n) is 14.4. The van der Waals surface area contributed by atoms with Gasteiger partial charge in [-0.2, -0.15) is 0 Å². The zero-order valence-corrected chi connectivity index (χ0v) is 28.9. The topological polar surface area (TPSA) is 6.48 Å². The molecule has 0 atom stereocenters. The van der Waals surface area contributed by atoms with Crippen molar-refractivity contribution in [3.63, 3.8) is 0 Å². The van der Waals surface area contributed by atoms with Crippen LogP contribution in [0.5, 0.6) is 0 Å². The van der Waals surface area contributed by atoms with Gasteiger partial charge in [-0.25, -0.2) is 0 Å². The zero-order valence-electron chi connectivity index (χ0n) is 28.9. The maximum Gasteiger partial charge on any atom is 0.248 e. The predicted molar refractivity (Wildman–Crippen MR) is 208 cm³/mol. The molecule has 3 heteroatoms. The molecule has 0 bridgehead atoms. The van der Waals surface area contributed by atoms with Crippen LogP contribution < -0.4 is 26.2 Å². The number of rotatable bonds is 7. The van der Waals surface area contributed by atoms with Crippen LogP contribution in [0.4, 0.5) is 34.1 Å². The smallest absolute Gasteiger partial charge is 0.248 e. The molecule has 0 aliphatic carbocycles. The minimum atomic E-state index is 0.180. The lowest BCUT2D eigenvalue weighted by Crippen LogP contribution is -2.55. The van der Waals surface area contributed by atoms with Crippen LogP contribution in [0.1, 0.15) is 76.0 Å². The monoisotopic (exact) mass is 622 g/mol. The molecule has 0 spiro atoms. The number of hydrogen-bond donors (Lipinski definition) is 0. The number of benzene rings is 6. The standard InChI is InChI=1S/C45H43BN2/c1-29(2)32-17-21-37(22-18-32)48-43-24-20-34(31(5)6)26-42(43)46-41-25-33(30(3)4)19-23-39(41)40-27-38(28-44(48)45(40)46)47(35-13-9-7-10-14-35)36-15-11-8-12-16-36/h7-31H,1-6H3. The fourth-order valence-electron chi connectivity index (χ4n) is 7.75. The summed E-state index contributed by atoms with van der Waals surface area (Å²) >= 11 is 0. The van der Waals surface area contributed by atoms with E-state index in [9.17, 15) is 0 Å². The van der Waals surface area contributed by atoms with E-state index in [1.165, 1.54) is 61.3 Å². The Labute approximate surface area is 286 Å². The molecule has 0 fully saturated rings. The highest BCUT2D eigenvalue weighted by molar-refractivity contribution is 7.01. The van der Waals surface area contributed by atoms with Crippen LogP contribution >= 0.6 is 0 Å². The van der Waals surface area contributed by atoms with Gasteiger partial charge in [0.1, 0.15) is 0 Å². The fraction of sp³-hybridized carbons (Fsp3) is 0.200. The highest BCUT2D eigenvalue weighted by atomic mass is 15.2. The Kier molecular flexibility index (Phi) is 7.52. The van der Waals surface area contributed by atoms with E-state index in [1.807, 2.05) is 0 Å². The minimum Gasteiger partial charge on any atom is -0.311 e. The van der Waals surface area contributed by atoms with E-state index in [0.717, 1.165) is 17.1 Å². The van der Waals surface area contributed by atoms with Crippen LogP contribution in [0.15, 0.2) is 133 Å². The lowest BCUT2D eigenvalue weighted by molar-refractivity contribution is 0.866. The molecular weight excluding hydrogens is 579 g/mol. The van der Waals surface area contributed by atoms with E-state index in [-0.39, 0.29) is 6.71 Å². The van der Waals surface area contributed by atoms with E-state index in [1.54, 1.807) is 0 Å². The Morgan fingerprint density at radius 1 is 0.458 bits per heavy atom. The van der Waals surface area contributed by atoms with Crippen LogP contribution in [-0.4, -0.2) is 6.71 Å². The normalized spacial score (nSPS) is 12.9. The third-order valence-corrected chi connectivity index (χ3v) is 10.4. The first-order chi connectivity index (χ1) is 23.3. The number of fused-ring (bicyclic) bond motifs is 5. The van der Waals surface area contributed by atoms with Gasteiger partial charge in [-0.3, -0.25) is 0 Å². The van der Waals surface area contributed by atoms with Gasteiger partial charge in [0.15, 0.2) is 0 Å². The number of hydrogen-bond acceptors (Lipinski definition) is 2. The summed E-state index contributed by atoms with van der Waals surface area (Å²) in [7, 11) is 0. The molecule has 6 aromatic carbocycles. The van der Waals surface area contributed by atoms with Crippen LogP contribution in [0.3, 0.4) is 0 Å². The molecule has 2 heterocycles. The molecule has 2 nitrogen and oxygen atoms in total. The van der Waals surface area contributed by atoms with Crippen molar-refractivity contribution < 1.29 is 0 Å². The highest BCUT2D eigenvalue weighted by Crippen LogP contribution is 2.46. The summed E-state index contributed by atoms with van der Waals surface area (Å²) in [6, 6.07) is 50.2. The first kappa shape index (κ1) is 30.3. The molecule has 0 N–H and O–H groups in total. The number of nitrogens with zero attached hydrogens (tertiary/aromatic N) is 2. The number of anilines is 6. The summed E-state index contributed by atoms with van der Waals surface area (Å²) in [5.41, 5.74) is 18.2. The van der Waals surface area contributed by atoms with Crippen molar-refractivity contribution in [1.82, 2.24) is 0 Å². The molecule has 2 aliphatic rings. The Hall–Kier alpha value is -5.02. The van der Waals surface area contributed by atoms with Crippen LogP contribution in [-0.2, 0) is 0 Å². The van der Waals surface area contributed by atoms with Gasteiger partial charge in [0.05, 0.1) is 0 Å². The summed E-state index contributed by atoms with van der Waals surface area (Å²) < 4.78 is 0. The summed E-state index contributed by atoms with van der Waals surface area (Å²) in [6.45, 7) is 13.9. The van der Waals surface area contributed by atoms with Crippen molar-refractivity contribution in [3.8, 4) is 11.1 Å². The first-order valence-electron chi connectivity index (χ1n) is 17.6. The minimum absolute atomic E-state index is 0.180. The van der Waals surface area contributed by atoms with Gasteiger partial charge in [0.25, 0.3) is 0 Å². The van der Waals surface area contributed by atoms with Gasteiger partial charge < -0.3 is 9.80 Å². The first-order valence-corrected chi connectivity index (χ1v) is 17.6. The fourth-order valence-corrected chi connectivity index (χ4v) is 7.75. The summed E-state index contributed by atoms with van der Waals surface area (Å²) in [5, 5.41) is 0. The Morgan fingerprint density at radius 3 is 1.58 bits per heavy atom. The molecule has 0 radical (unpaired) electrons. The SMILES string of the molecule is CC(C)c1ccc(N2c3ccc(C(C)C)cc3B3c4cc(C(C)C)ccc4-c4cc(N(c5ccccc5)c5ccccc5)cc2c43)cc1. The molecule has 0 unspecified atom stereocenters. The van der Waals surface area contributed by atoms with E-state index in [0.29, 0.717) is 17.8 Å². The maximum absolute atomic E-state index is 2.53. The van der Waals surface area contributed by atoms with Crippen molar-refractivity contribution in [1.29, 1.82) is 0 Å². The van der Waals surface area contributed by atoms with Gasteiger partial charge in [0, 0.05) is 34.1 Å². The van der Waals surface area contributed by atoms with Gasteiger partial charge in [-0.05, 0) is 111 Å². The van der Waals surface area contributed by atoms with Crippen LogP contribution in [0.2, 0.25) is 0 Å². The quantitative estimate of drug-likeness (QED) is 0.163. The lowest BCUT2D eigenvalue weighted by atomic mass is 9.37. The summed E-state index contributed by atoms with van der Waals surface area (Å²) in [5.74, 6) is 1.39. The van der Waals surface area contributed by atoms with E-state index in [4.69, 9.17) is 0 Å². The van der Waals surface area contributed by atoms with E-state index >= 15 is 0 Å². The lowest BCUT2D eigenvalue weighted by Gasteiger charge is -2.37. The Bertz CT molecular complexity index is 2070. The molecule has 0 saturated heterocycles. The van der Waals surface area contributed by atoms with Crippen molar-refractivity contribution in [2.45, 2.75) is 59.3 Å². The number of para-hydroxylation sites is 2. The molecule has 48 heavy (non-hydrogen) atoms. The molecule has 0 amide bonds. The van der Waals surface area contributed by atoms with Crippen LogP contribution in [0.25, 0.3) is 11.1 Å². The van der Waals surface area contributed by atoms with Crippen molar-refractivity contribution in [2.75, 3.05) is 9.80 Å². The molecule has 236 valence electrons. The molecule has 6 aromatic rings. The van der Waals surface area contributed by atoms with Crippen LogP contribution in [0, 0.1) is 0 Å². The highest BCUT2D eigenvalue weighted by Gasteiger charge is 2.43. The average Bonchev–Trinajstić information content (AvgIpc) is 3.43. The second-order valence-corrected chi connectivity index (χ2v) is 14.4. The van der Waals surface area contributed by atoms with E-state index in [2.05, 4.69) is 185 Å². The predicted octanol–water partition coefficient (Wildman–Crippen LogP) is 10.8. The van der Waals surface area contributed by atoms with Gasteiger partial charge >= 0.3 is 0 Å². The third kappa shape index (κ3) is 4.96. The molecule has 8 rings (SSSR count). The van der Waals surface area contributed by atoms with E-state index < -0.39 is 0 Å². The largest absolute Gasteiger partial charge is 0.311 e. The average molecular weight is 623 g/mol. The van der Waals surface area contributed by atoms with Crippen molar-refractivity contribution in [2.24, 2.45) is 0 Å². The Morgan fingerprint density at radius 2 is 1.00 bits per heavy atom. The zero-order chi connectivity index (χ0) is 33.1. The van der Waals surface area contributed by atoms with Gasteiger partial charge in [-0.1, -0.05) is 126 Å². The van der Waals surface area contributed by atoms with Gasteiger partial charge in [-0.15, -0.1) is 0 Å². The second kappa shape index (κ2) is 11.9. The van der Waals surface area contributed by atoms with Crippen molar-refractivity contribution >= 4 is 57.2 Å². The molecule has 0 aromatic heterocycles. The Balaban J connectivity index is 1.45.